The van der Waals surface area contributed by atoms with E-state index in [9.17, 15) is 4.79 Å². The van der Waals surface area contributed by atoms with E-state index < -0.39 is 0 Å². The molecule has 0 aliphatic carbocycles. The fourth-order valence-electron chi connectivity index (χ4n) is 0.829. The summed E-state index contributed by atoms with van der Waals surface area (Å²) in [7, 11) is 3.15. The van der Waals surface area contributed by atoms with Crippen molar-refractivity contribution >= 4 is 0 Å². The predicted molar refractivity (Wildman–Crippen MR) is 46.8 cm³/mol. The van der Waals surface area contributed by atoms with Gasteiger partial charge in [-0.2, -0.15) is 5.10 Å². The topological polar surface area (TPSA) is 53.4 Å². The Balaban J connectivity index is 2.67. The Hall–Kier alpha value is -1.36. The van der Waals surface area contributed by atoms with Gasteiger partial charge in [0.15, 0.2) is 5.75 Å². The Labute approximate surface area is 75.9 Å². The van der Waals surface area contributed by atoms with Crippen LogP contribution >= 0.6 is 0 Å². The maximum absolute atomic E-state index is 11.3. The lowest BCUT2D eigenvalue weighted by Crippen LogP contribution is -2.21. The van der Waals surface area contributed by atoms with E-state index in [-0.39, 0.29) is 5.56 Å². The van der Waals surface area contributed by atoms with Crippen LogP contribution < -0.4 is 10.3 Å². The molecule has 0 aromatic carbocycles. The van der Waals surface area contributed by atoms with Gasteiger partial charge in [-0.15, -0.1) is 0 Å². The average molecular weight is 184 g/mol. The third-order valence-corrected chi connectivity index (χ3v) is 1.52. The van der Waals surface area contributed by atoms with E-state index in [1.807, 2.05) is 0 Å². The molecule has 0 aliphatic heterocycles. The second-order valence-electron chi connectivity index (χ2n) is 2.47. The number of methoxy groups -OCH3 is 1. The zero-order valence-electron chi connectivity index (χ0n) is 7.69. The summed E-state index contributed by atoms with van der Waals surface area (Å²) < 4.78 is 11.2. The van der Waals surface area contributed by atoms with Gasteiger partial charge >= 0.3 is 5.56 Å². The number of aromatic nitrogens is 2. The standard InChI is InChI=1S/C8H12N2O3/c1-10-8(11)7(3-4-9-10)13-6-5-12-2/h3-4H,5-6H2,1-2H3. The second-order valence-corrected chi connectivity index (χ2v) is 2.47. The van der Waals surface area contributed by atoms with Crippen molar-refractivity contribution < 1.29 is 9.47 Å². The Kier molecular flexibility index (Phi) is 3.45. The molecule has 0 saturated heterocycles. The fourth-order valence-corrected chi connectivity index (χ4v) is 0.829. The van der Waals surface area contributed by atoms with Crippen molar-refractivity contribution in [2.45, 2.75) is 0 Å². The SMILES string of the molecule is COCCOc1ccnn(C)c1=O. The molecule has 0 radical (unpaired) electrons. The molecule has 0 saturated carbocycles. The van der Waals surface area contributed by atoms with E-state index in [1.165, 1.54) is 16.9 Å². The van der Waals surface area contributed by atoms with Crippen LogP contribution in [0.5, 0.6) is 5.75 Å². The monoisotopic (exact) mass is 184 g/mol. The smallest absolute Gasteiger partial charge is 0.308 e. The minimum atomic E-state index is -0.237. The molecule has 0 spiro atoms. The molecule has 0 fully saturated rings. The number of aryl methyl sites for hydroxylation is 1. The van der Waals surface area contributed by atoms with E-state index in [2.05, 4.69) is 5.10 Å². The largest absolute Gasteiger partial charge is 0.485 e. The fraction of sp³-hybridized carbons (Fsp3) is 0.500. The number of hydrogen-bond acceptors (Lipinski definition) is 4. The van der Waals surface area contributed by atoms with Gasteiger partial charge in [-0.25, -0.2) is 4.68 Å². The number of nitrogens with zero attached hydrogens (tertiary/aromatic N) is 2. The highest BCUT2D eigenvalue weighted by atomic mass is 16.5. The summed E-state index contributed by atoms with van der Waals surface area (Å²) in [5.74, 6) is 0.301. The summed E-state index contributed by atoms with van der Waals surface area (Å²) in [5.41, 5.74) is -0.237. The number of hydrogen-bond donors (Lipinski definition) is 0. The van der Waals surface area contributed by atoms with Crippen molar-refractivity contribution in [1.29, 1.82) is 0 Å². The Morgan fingerprint density at radius 2 is 2.31 bits per heavy atom. The van der Waals surface area contributed by atoms with E-state index >= 15 is 0 Å². The van der Waals surface area contributed by atoms with Gasteiger partial charge in [0.2, 0.25) is 0 Å². The summed E-state index contributed by atoms with van der Waals surface area (Å²) >= 11 is 0. The van der Waals surface area contributed by atoms with Crippen LogP contribution in [0.3, 0.4) is 0 Å². The Bertz CT molecular complexity index is 321. The van der Waals surface area contributed by atoms with Crippen LogP contribution in [-0.2, 0) is 11.8 Å². The van der Waals surface area contributed by atoms with Crippen LogP contribution in [0.25, 0.3) is 0 Å². The predicted octanol–water partition coefficient (Wildman–Crippen LogP) is -0.194. The molecule has 1 aromatic rings. The van der Waals surface area contributed by atoms with Crippen molar-refractivity contribution in [2.75, 3.05) is 20.3 Å². The summed E-state index contributed by atoms with van der Waals surface area (Å²) in [6, 6.07) is 1.54. The zero-order chi connectivity index (χ0) is 9.68. The molecule has 0 amide bonds. The molecule has 5 heteroatoms. The molecule has 0 aliphatic rings. The Morgan fingerprint density at radius 1 is 1.54 bits per heavy atom. The molecule has 0 bridgehead atoms. The molecular weight excluding hydrogens is 172 g/mol. The van der Waals surface area contributed by atoms with E-state index in [1.54, 1.807) is 14.2 Å². The molecule has 1 aromatic heterocycles. The van der Waals surface area contributed by atoms with E-state index in [4.69, 9.17) is 9.47 Å². The van der Waals surface area contributed by atoms with Crippen molar-refractivity contribution in [1.82, 2.24) is 9.78 Å². The molecule has 0 N–H and O–H groups in total. The van der Waals surface area contributed by atoms with Gasteiger partial charge in [0.1, 0.15) is 6.61 Å². The lowest BCUT2D eigenvalue weighted by Gasteiger charge is -2.04. The third kappa shape index (κ3) is 2.55. The van der Waals surface area contributed by atoms with Crippen molar-refractivity contribution in [3.8, 4) is 5.75 Å². The summed E-state index contributed by atoms with van der Waals surface area (Å²) in [6.45, 7) is 0.835. The van der Waals surface area contributed by atoms with Gasteiger partial charge in [0.25, 0.3) is 0 Å². The second kappa shape index (κ2) is 4.61. The molecule has 0 atom stereocenters. The van der Waals surface area contributed by atoms with Gasteiger partial charge in [0.05, 0.1) is 12.8 Å². The van der Waals surface area contributed by atoms with Gasteiger partial charge < -0.3 is 9.47 Å². The van der Waals surface area contributed by atoms with Gasteiger partial charge in [-0.05, 0) is 0 Å². The molecule has 5 nitrogen and oxygen atoms in total. The highest BCUT2D eigenvalue weighted by Crippen LogP contribution is 1.98. The van der Waals surface area contributed by atoms with Gasteiger partial charge in [0, 0.05) is 20.2 Å². The molecule has 13 heavy (non-hydrogen) atoms. The lowest BCUT2D eigenvalue weighted by molar-refractivity contribution is 0.145. The van der Waals surface area contributed by atoms with Crippen LogP contribution in [0.1, 0.15) is 0 Å². The third-order valence-electron chi connectivity index (χ3n) is 1.52. The van der Waals surface area contributed by atoms with Crippen LogP contribution in [0.15, 0.2) is 17.1 Å². The van der Waals surface area contributed by atoms with Crippen LogP contribution in [0, 0.1) is 0 Å². The minimum Gasteiger partial charge on any atom is -0.485 e. The summed E-state index contributed by atoms with van der Waals surface area (Å²) in [6.07, 6.45) is 1.52. The Morgan fingerprint density at radius 3 is 3.00 bits per heavy atom. The highest BCUT2D eigenvalue weighted by Gasteiger charge is 2.00. The highest BCUT2D eigenvalue weighted by molar-refractivity contribution is 5.13. The molecule has 1 rings (SSSR count). The minimum absolute atomic E-state index is 0.237. The summed E-state index contributed by atoms with van der Waals surface area (Å²) in [4.78, 5) is 11.3. The first-order valence-corrected chi connectivity index (χ1v) is 3.89. The van der Waals surface area contributed by atoms with Crippen LogP contribution in [-0.4, -0.2) is 30.1 Å². The van der Waals surface area contributed by atoms with Crippen LogP contribution in [0.2, 0.25) is 0 Å². The normalized spacial score (nSPS) is 10.0. The average Bonchev–Trinajstić information content (AvgIpc) is 2.13. The zero-order valence-corrected chi connectivity index (χ0v) is 7.69. The maximum Gasteiger partial charge on any atom is 0.308 e. The van der Waals surface area contributed by atoms with Crippen LogP contribution in [0.4, 0.5) is 0 Å². The molecular formula is C8H12N2O3. The first kappa shape index (κ1) is 9.73. The van der Waals surface area contributed by atoms with Crippen molar-refractivity contribution in [3.05, 3.63) is 22.6 Å². The quantitative estimate of drug-likeness (QED) is 0.608. The van der Waals surface area contributed by atoms with E-state index in [0.29, 0.717) is 19.0 Å². The molecule has 1 heterocycles. The first-order chi connectivity index (χ1) is 6.25. The van der Waals surface area contributed by atoms with Gasteiger partial charge in [-0.3, -0.25) is 4.79 Å². The number of ether oxygens (including phenoxy) is 2. The van der Waals surface area contributed by atoms with Gasteiger partial charge in [-0.1, -0.05) is 0 Å². The van der Waals surface area contributed by atoms with Crippen molar-refractivity contribution in [2.24, 2.45) is 7.05 Å². The summed E-state index contributed by atoms with van der Waals surface area (Å²) in [5, 5.41) is 3.76. The first-order valence-electron chi connectivity index (χ1n) is 3.89. The number of rotatable bonds is 4. The lowest BCUT2D eigenvalue weighted by atomic mass is 10.5. The maximum atomic E-state index is 11.3. The van der Waals surface area contributed by atoms with Crippen molar-refractivity contribution in [3.63, 3.8) is 0 Å². The van der Waals surface area contributed by atoms with E-state index in [0.717, 1.165) is 0 Å². The molecule has 0 unspecified atom stereocenters. The molecule has 72 valence electrons.